The maximum absolute atomic E-state index is 12.1. The molecule has 0 unspecified atom stereocenters. The van der Waals surface area contributed by atoms with Crippen molar-refractivity contribution < 1.29 is 4.79 Å². The van der Waals surface area contributed by atoms with E-state index in [0.717, 1.165) is 17.7 Å². The third-order valence-electron chi connectivity index (χ3n) is 2.94. The number of aryl methyl sites for hydroxylation is 2. The van der Waals surface area contributed by atoms with Gasteiger partial charge in [-0.2, -0.15) is 0 Å². The Morgan fingerprint density at radius 1 is 1.47 bits per heavy atom. The van der Waals surface area contributed by atoms with E-state index in [-0.39, 0.29) is 11.9 Å². The quantitative estimate of drug-likeness (QED) is 0.912. The molecule has 0 fully saturated rings. The summed E-state index contributed by atoms with van der Waals surface area (Å²) in [4.78, 5) is 20.4. The normalized spacial score (nSPS) is 12.2. The zero-order chi connectivity index (χ0) is 13.8. The number of aromatic nitrogens is 3. The summed E-state index contributed by atoms with van der Waals surface area (Å²) in [5, 5.41) is 2.96. The minimum atomic E-state index is -0.171. The van der Waals surface area contributed by atoms with Gasteiger partial charge in [-0.1, -0.05) is 6.92 Å². The molecule has 2 heterocycles. The van der Waals surface area contributed by atoms with Crippen LogP contribution in [0.25, 0.3) is 0 Å². The highest BCUT2D eigenvalue weighted by atomic mass is 16.2. The zero-order valence-electron chi connectivity index (χ0n) is 11.4. The van der Waals surface area contributed by atoms with Crippen LogP contribution in [0.3, 0.4) is 0 Å². The number of carbonyl (C=O) groups excluding carboxylic acids is 1. The molecule has 19 heavy (non-hydrogen) atoms. The molecule has 1 amide bonds. The number of nitrogens with one attached hydrogen (secondary N) is 1. The van der Waals surface area contributed by atoms with Crippen LogP contribution in [0, 0.1) is 6.92 Å². The fraction of sp³-hybridized carbons (Fsp3) is 0.357. The van der Waals surface area contributed by atoms with Gasteiger partial charge in [0.15, 0.2) is 0 Å². The van der Waals surface area contributed by atoms with E-state index in [2.05, 4.69) is 15.3 Å². The van der Waals surface area contributed by atoms with E-state index in [1.165, 1.54) is 0 Å². The van der Waals surface area contributed by atoms with Crippen molar-refractivity contribution in [1.82, 2.24) is 19.9 Å². The first-order valence-electron chi connectivity index (χ1n) is 6.31. The van der Waals surface area contributed by atoms with Crippen LogP contribution in [-0.2, 0) is 7.05 Å². The molecule has 0 saturated carbocycles. The van der Waals surface area contributed by atoms with Gasteiger partial charge in [0.05, 0.1) is 18.1 Å². The Kier molecular flexibility index (Phi) is 3.94. The van der Waals surface area contributed by atoms with E-state index in [1.807, 2.05) is 33.0 Å². The van der Waals surface area contributed by atoms with Gasteiger partial charge in [-0.15, -0.1) is 0 Å². The first-order chi connectivity index (χ1) is 9.10. The molecule has 2 aromatic rings. The number of hydrogen-bond donors (Lipinski definition) is 1. The standard InChI is InChI=1S/C14H18N4O/c1-4-11(12-7-10(2)5-6-15-12)17-14(19)13-8-18(3)9-16-13/h5-9,11H,4H2,1-3H3,(H,17,19)/t11-/m0/s1. The highest BCUT2D eigenvalue weighted by molar-refractivity contribution is 5.92. The zero-order valence-corrected chi connectivity index (χ0v) is 11.4. The number of amides is 1. The molecule has 0 spiro atoms. The van der Waals surface area contributed by atoms with E-state index >= 15 is 0 Å². The fourth-order valence-corrected chi connectivity index (χ4v) is 1.90. The molecule has 5 heteroatoms. The monoisotopic (exact) mass is 258 g/mol. The molecule has 0 bridgehead atoms. The molecular weight excluding hydrogens is 240 g/mol. The predicted molar refractivity (Wildman–Crippen MR) is 72.7 cm³/mol. The lowest BCUT2D eigenvalue weighted by molar-refractivity contribution is 0.0930. The minimum Gasteiger partial charge on any atom is -0.342 e. The van der Waals surface area contributed by atoms with Gasteiger partial charge in [0.25, 0.3) is 5.91 Å². The topological polar surface area (TPSA) is 59.8 Å². The molecule has 5 nitrogen and oxygen atoms in total. The molecule has 2 aromatic heterocycles. The SMILES string of the molecule is CC[C@H](NC(=O)c1cn(C)cn1)c1cc(C)ccn1. The Balaban J connectivity index is 2.13. The lowest BCUT2D eigenvalue weighted by Gasteiger charge is -2.16. The first-order valence-corrected chi connectivity index (χ1v) is 6.31. The Labute approximate surface area is 112 Å². The van der Waals surface area contributed by atoms with E-state index in [1.54, 1.807) is 23.3 Å². The number of carbonyl (C=O) groups is 1. The number of nitrogens with zero attached hydrogens (tertiary/aromatic N) is 3. The average Bonchev–Trinajstić information content (AvgIpc) is 2.82. The van der Waals surface area contributed by atoms with Gasteiger partial charge >= 0.3 is 0 Å². The molecule has 0 aromatic carbocycles. The van der Waals surface area contributed by atoms with Crippen molar-refractivity contribution in [3.05, 3.63) is 47.8 Å². The second-order valence-corrected chi connectivity index (χ2v) is 4.62. The van der Waals surface area contributed by atoms with Crippen LogP contribution in [0.1, 0.15) is 41.1 Å². The Morgan fingerprint density at radius 2 is 2.26 bits per heavy atom. The number of pyridine rings is 1. The van der Waals surface area contributed by atoms with Gasteiger partial charge in [-0.3, -0.25) is 9.78 Å². The van der Waals surface area contributed by atoms with Gasteiger partial charge in [0, 0.05) is 19.4 Å². The van der Waals surface area contributed by atoms with Crippen molar-refractivity contribution in [2.24, 2.45) is 7.05 Å². The Bertz CT molecular complexity index is 576. The summed E-state index contributed by atoms with van der Waals surface area (Å²) < 4.78 is 1.75. The van der Waals surface area contributed by atoms with E-state index < -0.39 is 0 Å². The van der Waals surface area contributed by atoms with Crippen molar-refractivity contribution in [3.63, 3.8) is 0 Å². The Hall–Kier alpha value is -2.17. The second kappa shape index (κ2) is 5.65. The van der Waals surface area contributed by atoms with Crippen LogP contribution in [-0.4, -0.2) is 20.4 Å². The summed E-state index contributed by atoms with van der Waals surface area (Å²) in [7, 11) is 1.84. The number of hydrogen-bond acceptors (Lipinski definition) is 3. The van der Waals surface area contributed by atoms with Crippen molar-refractivity contribution in [2.75, 3.05) is 0 Å². The third kappa shape index (κ3) is 3.19. The summed E-state index contributed by atoms with van der Waals surface area (Å²) in [5.41, 5.74) is 2.44. The summed E-state index contributed by atoms with van der Waals surface area (Å²) in [6.45, 7) is 4.03. The summed E-state index contributed by atoms with van der Waals surface area (Å²) >= 11 is 0. The van der Waals surface area contributed by atoms with Crippen LogP contribution in [0.15, 0.2) is 30.9 Å². The molecule has 0 radical (unpaired) electrons. The summed E-state index contributed by atoms with van der Waals surface area (Å²) in [6, 6.07) is 3.85. The van der Waals surface area contributed by atoms with Crippen LogP contribution in [0.2, 0.25) is 0 Å². The first kappa shape index (κ1) is 13.3. The molecule has 0 aliphatic carbocycles. The largest absolute Gasteiger partial charge is 0.342 e. The lowest BCUT2D eigenvalue weighted by atomic mass is 10.1. The molecule has 1 atom stereocenters. The molecule has 100 valence electrons. The highest BCUT2D eigenvalue weighted by Gasteiger charge is 2.16. The van der Waals surface area contributed by atoms with Gasteiger partial charge in [0.1, 0.15) is 5.69 Å². The van der Waals surface area contributed by atoms with Crippen LogP contribution in [0.5, 0.6) is 0 Å². The average molecular weight is 258 g/mol. The Morgan fingerprint density at radius 3 is 2.84 bits per heavy atom. The van der Waals surface area contributed by atoms with Gasteiger partial charge < -0.3 is 9.88 Å². The number of rotatable bonds is 4. The van der Waals surface area contributed by atoms with Gasteiger partial charge in [-0.05, 0) is 31.0 Å². The molecular formula is C14H18N4O. The predicted octanol–water partition coefficient (Wildman–Crippen LogP) is 2.00. The van der Waals surface area contributed by atoms with Crippen LogP contribution >= 0.6 is 0 Å². The van der Waals surface area contributed by atoms with Crippen LogP contribution < -0.4 is 5.32 Å². The molecule has 2 rings (SSSR count). The molecule has 1 N–H and O–H groups in total. The molecule has 0 saturated heterocycles. The van der Waals surface area contributed by atoms with E-state index in [0.29, 0.717) is 5.69 Å². The maximum Gasteiger partial charge on any atom is 0.272 e. The van der Waals surface area contributed by atoms with Crippen molar-refractivity contribution >= 4 is 5.91 Å². The second-order valence-electron chi connectivity index (χ2n) is 4.62. The summed E-state index contributed by atoms with van der Waals surface area (Å²) in [5.74, 6) is -0.171. The highest BCUT2D eigenvalue weighted by Crippen LogP contribution is 2.15. The van der Waals surface area contributed by atoms with Crippen LogP contribution in [0.4, 0.5) is 0 Å². The third-order valence-corrected chi connectivity index (χ3v) is 2.94. The lowest BCUT2D eigenvalue weighted by Crippen LogP contribution is -2.29. The van der Waals surface area contributed by atoms with Crippen molar-refractivity contribution in [2.45, 2.75) is 26.3 Å². The van der Waals surface area contributed by atoms with Gasteiger partial charge in [-0.25, -0.2) is 4.98 Å². The van der Waals surface area contributed by atoms with Crippen molar-refractivity contribution in [1.29, 1.82) is 0 Å². The van der Waals surface area contributed by atoms with Gasteiger partial charge in [0.2, 0.25) is 0 Å². The minimum absolute atomic E-state index is 0.0885. The summed E-state index contributed by atoms with van der Waals surface area (Å²) in [6.07, 6.45) is 5.86. The van der Waals surface area contributed by atoms with E-state index in [4.69, 9.17) is 0 Å². The number of imidazole rings is 1. The molecule has 0 aliphatic heterocycles. The van der Waals surface area contributed by atoms with Crippen molar-refractivity contribution in [3.8, 4) is 0 Å². The van der Waals surface area contributed by atoms with E-state index in [9.17, 15) is 4.79 Å². The molecule has 0 aliphatic rings. The fourth-order valence-electron chi connectivity index (χ4n) is 1.90. The maximum atomic E-state index is 12.1. The smallest absolute Gasteiger partial charge is 0.272 e.